The molecule has 1 saturated carbocycles. The first kappa shape index (κ1) is 16.8. The number of nitrogens with zero attached hydrogens (tertiary/aromatic N) is 1. The topological polar surface area (TPSA) is 51.1 Å². The highest BCUT2D eigenvalue weighted by Crippen LogP contribution is 2.33. The zero-order chi connectivity index (χ0) is 18.3. The third kappa shape index (κ3) is 3.10. The highest BCUT2D eigenvalue weighted by atomic mass is 35.5. The van der Waals surface area contributed by atoms with Crippen molar-refractivity contribution in [3.63, 3.8) is 0 Å². The molecular formula is C20H16ClFN2O2. The molecule has 1 aliphatic rings. The highest BCUT2D eigenvalue weighted by Gasteiger charge is 2.25. The molecule has 1 N–H and O–H groups in total. The highest BCUT2D eigenvalue weighted by molar-refractivity contribution is 6.30. The van der Waals surface area contributed by atoms with Gasteiger partial charge >= 0.3 is 0 Å². The monoisotopic (exact) mass is 370 g/mol. The van der Waals surface area contributed by atoms with Crippen LogP contribution in [0.25, 0.3) is 10.8 Å². The fourth-order valence-electron chi connectivity index (χ4n) is 3.06. The normalized spacial score (nSPS) is 13.8. The second kappa shape index (κ2) is 6.57. The van der Waals surface area contributed by atoms with E-state index in [-0.39, 0.29) is 29.1 Å². The number of nitrogens with one attached hydrogen (secondary N) is 1. The Kier molecular flexibility index (Phi) is 4.24. The van der Waals surface area contributed by atoms with Crippen molar-refractivity contribution in [2.24, 2.45) is 0 Å². The maximum Gasteiger partial charge on any atom is 0.258 e. The summed E-state index contributed by atoms with van der Waals surface area (Å²) in [5.41, 5.74) is 1.07. The summed E-state index contributed by atoms with van der Waals surface area (Å²) in [4.78, 5) is 25.2. The van der Waals surface area contributed by atoms with Crippen molar-refractivity contribution < 1.29 is 9.18 Å². The average Bonchev–Trinajstić information content (AvgIpc) is 3.47. The molecule has 0 aliphatic heterocycles. The number of fused-ring (bicyclic) bond motifs is 1. The van der Waals surface area contributed by atoms with Gasteiger partial charge in [-0.2, -0.15) is 0 Å². The first-order valence-corrected chi connectivity index (χ1v) is 8.78. The Balaban J connectivity index is 1.61. The summed E-state index contributed by atoms with van der Waals surface area (Å²) in [6.07, 6.45) is 3.80. The standard InChI is InChI=1S/C20H16ClFN2O2/c21-17-10-12(4-7-18(17)22)11-23-19(25)15-2-1-3-16-14(15)8-9-24(20(16)26)13-5-6-13/h1-4,7-10,13H,5-6,11H2,(H,23,25). The number of hydrogen-bond donors (Lipinski definition) is 1. The van der Waals surface area contributed by atoms with E-state index < -0.39 is 5.82 Å². The zero-order valence-electron chi connectivity index (χ0n) is 13.8. The van der Waals surface area contributed by atoms with Crippen LogP contribution in [0.1, 0.15) is 34.8 Å². The summed E-state index contributed by atoms with van der Waals surface area (Å²) >= 11 is 5.76. The molecule has 1 aromatic heterocycles. The summed E-state index contributed by atoms with van der Waals surface area (Å²) in [5.74, 6) is -0.789. The Hall–Kier alpha value is -2.66. The van der Waals surface area contributed by atoms with E-state index in [9.17, 15) is 14.0 Å². The molecule has 0 bridgehead atoms. The van der Waals surface area contributed by atoms with Gasteiger partial charge in [0.1, 0.15) is 5.82 Å². The minimum Gasteiger partial charge on any atom is -0.348 e. The summed E-state index contributed by atoms with van der Waals surface area (Å²) < 4.78 is 15.0. The molecule has 0 saturated heterocycles. The Bertz CT molecular complexity index is 1070. The predicted molar refractivity (Wildman–Crippen MR) is 99.1 cm³/mol. The minimum absolute atomic E-state index is 0.0162. The molecule has 3 aromatic rings. The summed E-state index contributed by atoms with van der Waals surface area (Å²) in [7, 11) is 0. The smallest absolute Gasteiger partial charge is 0.258 e. The Morgan fingerprint density at radius 3 is 2.73 bits per heavy atom. The van der Waals surface area contributed by atoms with Crippen LogP contribution in [0.3, 0.4) is 0 Å². The van der Waals surface area contributed by atoms with Gasteiger partial charge < -0.3 is 9.88 Å². The lowest BCUT2D eigenvalue weighted by Gasteiger charge is -2.10. The lowest BCUT2D eigenvalue weighted by molar-refractivity contribution is 0.0952. The van der Waals surface area contributed by atoms with E-state index >= 15 is 0 Å². The maximum absolute atomic E-state index is 13.2. The molecule has 1 heterocycles. The number of halogens is 2. The SMILES string of the molecule is O=C(NCc1ccc(F)c(Cl)c1)c1cccc2c(=O)n(C3CC3)ccc12. The van der Waals surface area contributed by atoms with Gasteiger partial charge in [0.2, 0.25) is 0 Å². The predicted octanol–water partition coefficient (Wildman–Crippen LogP) is 4.06. The second-order valence-electron chi connectivity index (χ2n) is 6.46. The molecule has 1 fully saturated rings. The molecule has 132 valence electrons. The van der Waals surface area contributed by atoms with Crippen LogP contribution in [-0.2, 0) is 6.54 Å². The van der Waals surface area contributed by atoms with E-state index in [4.69, 9.17) is 11.6 Å². The minimum atomic E-state index is -0.497. The fraction of sp³-hybridized carbons (Fsp3) is 0.200. The number of amides is 1. The molecule has 6 heteroatoms. The summed E-state index contributed by atoms with van der Waals surface area (Å²) in [6.45, 7) is 0.217. The maximum atomic E-state index is 13.2. The molecule has 4 nitrogen and oxygen atoms in total. The van der Waals surface area contributed by atoms with Crippen LogP contribution in [0.2, 0.25) is 5.02 Å². The van der Waals surface area contributed by atoms with E-state index in [0.29, 0.717) is 21.9 Å². The van der Waals surface area contributed by atoms with E-state index in [1.165, 1.54) is 12.1 Å². The number of aromatic nitrogens is 1. The lowest BCUT2D eigenvalue weighted by atomic mass is 10.1. The molecule has 0 unspecified atom stereocenters. The molecule has 26 heavy (non-hydrogen) atoms. The summed E-state index contributed by atoms with van der Waals surface area (Å²) in [5, 5.41) is 3.98. The van der Waals surface area contributed by atoms with Crippen molar-refractivity contribution in [2.75, 3.05) is 0 Å². The van der Waals surface area contributed by atoms with Crippen molar-refractivity contribution >= 4 is 28.3 Å². The number of carbonyl (C=O) groups is 1. The van der Waals surface area contributed by atoms with Crippen LogP contribution >= 0.6 is 11.6 Å². The van der Waals surface area contributed by atoms with Crippen LogP contribution in [0, 0.1) is 5.82 Å². The van der Waals surface area contributed by atoms with Gasteiger partial charge in [0, 0.05) is 35.1 Å². The summed E-state index contributed by atoms with van der Waals surface area (Å²) in [6, 6.07) is 11.6. The number of carbonyl (C=O) groups excluding carboxylic acids is 1. The quantitative estimate of drug-likeness (QED) is 0.753. The Morgan fingerprint density at radius 2 is 2.00 bits per heavy atom. The third-order valence-corrected chi connectivity index (χ3v) is 4.88. The molecule has 0 spiro atoms. The van der Waals surface area contributed by atoms with Crippen molar-refractivity contribution in [3.8, 4) is 0 Å². The van der Waals surface area contributed by atoms with Gasteiger partial charge in [-0.25, -0.2) is 4.39 Å². The number of hydrogen-bond acceptors (Lipinski definition) is 2. The van der Waals surface area contributed by atoms with E-state index in [0.717, 1.165) is 12.8 Å². The van der Waals surface area contributed by atoms with Crippen LogP contribution in [-0.4, -0.2) is 10.5 Å². The molecular weight excluding hydrogens is 355 g/mol. The first-order valence-electron chi connectivity index (χ1n) is 8.40. The average molecular weight is 371 g/mol. The molecule has 0 radical (unpaired) electrons. The van der Waals surface area contributed by atoms with Crippen molar-refractivity contribution in [3.05, 3.63) is 81.0 Å². The number of benzene rings is 2. The van der Waals surface area contributed by atoms with Crippen molar-refractivity contribution in [2.45, 2.75) is 25.4 Å². The Labute approximate surface area is 154 Å². The van der Waals surface area contributed by atoms with Crippen molar-refractivity contribution in [1.29, 1.82) is 0 Å². The molecule has 0 atom stereocenters. The van der Waals surface area contributed by atoms with E-state index in [1.807, 2.05) is 6.07 Å². The third-order valence-electron chi connectivity index (χ3n) is 4.59. The zero-order valence-corrected chi connectivity index (χ0v) is 14.6. The molecule has 1 aliphatic carbocycles. The van der Waals surface area contributed by atoms with Crippen LogP contribution in [0.4, 0.5) is 4.39 Å². The van der Waals surface area contributed by atoms with Crippen LogP contribution < -0.4 is 10.9 Å². The number of rotatable bonds is 4. The van der Waals surface area contributed by atoms with Crippen molar-refractivity contribution in [1.82, 2.24) is 9.88 Å². The molecule has 2 aromatic carbocycles. The Morgan fingerprint density at radius 1 is 1.19 bits per heavy atom. The van der Waals surface area contributed by atoms with Gasteiger partial charge in [-0.1, -0.05) is 23.7 Å². The van der Waals surface area contributed by atoms with E-state index in [2.05, 4.69) is 5.32 Å². The van der Waals surface area contributed by atoms with Crippen LogP contribution in [0.5, 0.6) is 0 Å². The van der Waals surface area contributed by atoms with E-state index in [1.54, 1.807) is 35.0 Å². The lowest BCUT2D eigenvalue weighted by Crippen LogP contribution is -2.24. The van der Waals surface area contributed by atoms with Gasteiger partial charge in [-0.3, -0.25) is 9.59 Å². The van der Waals surface area contributed by atoms with Gasteiger partial charge in [0.25, 0.3) is 11.5 Å². The van der Waals surface area contributed by atoms with Gasteiger partial charge in [0.15, 0.2) is 0 Å². The van der Waals surface area contributed by atoms with Gasteiger partial charge in [0.05, 0.1) is 5.02 Å². The van der Waals surface area contributed by atoms with Crippen LogP contribution in [0.15, 0.2) is 53.5 Å². The first-order chi connectivity index (χ1) is 12.5. The second-order valence-corrected chi connectivity index (χ2v) is 6.86. The molecule has 1 amide bonds. The fourth-order valence-corrected chi connectivity index (χ4v) is 3.26. The van der Waals surface area contributed by atoms with Gasteiger partial charge in [-0.05, 0) is 48.7 Å². The largest absolute Gasteiger partial charge is 0.348 e. The molecule has 4 rings (SSSR count). The number of pyridine rings is 1. The van der Waals surface area contributed by atoms with Gasteiger partial charge in [-0.15, -0.1) is 0 Å².